The molecule has 0 bridgehead atoms. The Labute approximate surface area is 302 Å². The predicted octanol–water partition coefficient (Wildman–Crippen LogP) is 7.01. The standard InChI is InChI=1S/C38H47F3N4O7/c1-24-19-45(25(2)22-46)36(47)31-17-29(42-37(48)43-30-13-15-33-34(18-30)51-23-50-33)12-14-32(31)52-26(3)7-5-6-16-49-35(24)21-44(4)20-27-8-10-28(11-9-27)38(39,40)41/h8-15,17-18,24-26,35,46H,5-7,16,19-23H2,1-4H3,(H2,42,43,48)/t24-,25-,26-,35-/m1/s1. The Morgan fingerprint density at radius 1 is 0.981 bits per heavy atom. The van der Waals surface area contributed by atoms with Crippen LogP contribution in [0.3, 0.4) is 0 Å². The molecule has 0 aromatic heterocycles. The number of alkyl halides is 3. The highest BCUT2D eigenvalue weighted by atomic mass is 19.4. The van der Waals surface area contributed by atoms with Gasteiger partial charge >= 0.3 is 12.2 Å². The quantitative estimate of drug-likeness (QED) is 0.227. The average molecular weight is 729 g/mol. The van der Waals surface area contributed by atoms with Crippen LogP contribution in [0.5, 0.6) is 17.2 Å². The molecule has 0 aliphatic carbocycles. The second-order valence-corrected chi connectivity index (χ2v) is 13.5. The molecular weight excluding hydrogens is 681 g/mol. The summed E-state index contributed by atoms with van der Waals surface area (Å²) in [5.41, 5.74) is 1.12. The van der Waals surface area contributed by atoms with Crippen molar-refractivity contribution in [1.29, 1.82) is 0 Å². The van der Waals surface area contributed by atoms with Crippen molar-refractivity contribution in [2.24, 2.45) is 5.92 Å². The molecule has 0 saturated heterocycles. The fourth-order valence-electron chi connectivity index (χ4n) is 6.21. The third-order valence-electron chi connectivity index (χ3n) is 9.17. The molecule has 3 N–H and O–H groups in total. The number of aliphatic hydroxyl groups is 1. The number of nitrogens with one attached hydrogen (secondary N) is 2. The van der Waals surface area contributed by atoms with Gasteiger partial charge in [0.15, 0.2) is 11.5 Å². The molecular formula is C38H47F3N4O7. The van der Waals surface area contributed by atoms with E-state index < -0.39 is 23.8 Å². The molecule has 3 aromatic rings. The van der Waals surface area contributed by atoms with Gasteiger partial charge in [-0.05, 0) is 88.2 Å². The molecule has 5 rings (SSSR count). The lowest BCUT2D eigenvalue weighted by Crippen LogP contribution is -2.47. The maximum Gasteiger partial charge on any atom is 0.416 e. The van der Waals surface area contributed by atoms with Crippen LogP contribution in [0.1, 0.15) is 61.5 Å². The molecule has 282 valence electrons. The van der Waals surface area contributed by atoms with E-state index in [4.69, 9.17) is 18.9 Å². The Morgan fingerprint density at radius 3 is 2.35 bits per heavy atom. The van der Waals surface area contributed by atoms with Crippen LogP contribution < -0.4 is 24.8 Å². The van der Waals surface area contributed by atoms with Gasteiger partial charge in [0.25, 0.3) is 5.91 Å². The summed E-state index contributed by atoms with van der Waals surface area (Å²) in [6.45, 7) is 7.06. The largest absolute Gasteiger partial charge is 0.490 e. The number of likely N-dealkylation sites (N-methyl/N-ethyl adjacent to an activating group) is 1. The summed E-state index contributed by atoms with van der Waals surface area (Å²) in [7, 11) is 1.88. The van der Waals surface area contributed by atoms with Crippen LogP contribution in [0, 0.1) is 5.92 Å². The minimum absolute atomic E-state index is 0.107. The number of hydrogen-bond acceptors (Lipinski definition) is 8. The van der Waals surface area contributed by atoms with Crippen LogP contribution in [0.2, 0.25) is 0 Å². The van der Waals surface area contributed by atoms with Gasteiger partial charge in [0.05, 0.1) is 36.0 Å². The van der Waals surface area contributed by atoms with Gasteiger partial charge in [0.1, 0.15) is 5.75 Å². The normalized spacial score (nSPS) is 20.4. The number of anilines is 2. The minimum Gasteiger partial charge on any atom is -0.490 e. The Bertz CT molecular complexity index is 1670. The van der Waals surface area contributed by atoms with Crippen molar-refractivity contribution in [1.82, 2.24) is 9.80 Å². The zero-order chi connectivity index (χ0) is 37.4. The van der Waals surface area contributed by atoms with E-state index in [1.807, 2.05) is 25.8 Å². The predicted molar refractivity (Wildman–Crippen MR) is 190 cm³/mol. The van der Waals surface area contributed by atoms with Crippen molar-refractivity contribution < 1.29 is 46.8 Å². The molecule has 4 atom stereocenters. The van der Waals surface area contributed by atoms with E-state index in [0.717, 1.165) is 30.5 Å². The molecule has 2 aliphatic rings. The number of nitrogens with zero attached hydrogens (tertiary/aromatic N) is 2. The van der Waals surface area contributed by atoms with Gasteiger partial charge in [-0.1, -0.05) is 19.1 Å². The highest BCUT2D eigenvalue weighted by molar-refractivity contribution is 6.02. The number of rotatable bonds is 8. The Balaban J connectivity index is 1.34. The molecule has 3 aromatic carbocycles. The first kappa shape index (κ1) is 38.7. The van der Waals surface area contributed by atoms with Crippen LogP contribution in [0.4, 0.5) is 29.3 Å². The summed E-state index contributed by atoms with van der Waals surface area (Å²) >= 11 is 0. The number of amides is 3. The first-order valence-corrected chi connectivity index (χ1v) is 17.5. The molecule has 14 heteroatoms. The molecule has 0 fully saturated rings. The SMILES string of the molecule is C[C@@H]1CCCCO[C@H](CN(C)Cc2ccc(C(F)(F)F)cc2)[C@H](C)CN([C@H](C)CO)C(=O)c2cc(NC(=O)Nc3ccc4c(c3)OCO4)ccc2O1. The highest BCUT2D eigenvalue weighted by Gasteiger charge is 2.32. The van der Waals surface area contributed by atoms with Gasteiger partial charge in [0.2, 0.25) is 6.79 Å². The summed E-state index contributed by atoms with van der Waals surface area (Å²) in [4.78, 5) is 31.0. The number of fused-ring (bicyclic) bond motifs is 2. The molecule has 2 aliphatic heterocycles. The molecule has 0 unspecified atom stereocenters. The zero-order valence-electron chi connectivity index (χ0n) is 29.9. The lowest BCUT2D eigenvalue weighted by molar-refractivity contribution is -0.137. The molecule has 3 amide bonds. The molecule has 2 heterocycles. The first-order valence-electron chi connectivity index (χ1n) is 17.5. The van der Waals surface area contributed by atoms with Crippen LogP contribution in [0.15, 0.2) is 60.7 Å². The van der Waals surface area contributed by atoms with Gasteiger partial charge < -0.3 is 39.6 Å². The Hall–Kier alpha value is -4.53. The van der Waals surface area contributed by atoms with Crippen LogP contribution in [-0.4, -0.2) is 85.2 Å². The summed E-state index contributed by atoms with van der Waals surface area (Å²) in [5, 5.41) is 15.8. The van der Waals surface area contributed by atoms with E-state index in [1.165, 1.54) is 12.1 Å². The van der Waals surface area contributed by atoms with Gasteiger partial charge in [-0.25, -0.2) is 4.79 Å². The maximum absolute atomic E-state index is 14.4. The van der Waals surface area contributed by atoms with Gasteiger partial charge in [-0.15, -0.1) is 0 Å². The number of halogens is 3. The van der Waals surface area contributed by atoms with Crippen LogP contribution in [-0.2, 0) is 17.5 Å². The third-order valence-corrected chi connectivity index (χ3v) is 9.17. The van der Waals surface area contributed by atoms with Crippen molar-refractivity contribution in [2.45, 2.75) is 71.0 Å². The highest BCUT2D eigenvalue weighted by Crippen LogP contribution is 2.35. The first-order chi connectivity index (χ1) is 24.8. The van der Waals surface area contributed by atoms with E-state index in [0.29, 0.717) is 54.7 Å². The Morgan fingerprint density at radius 2 is 1.65 bits per heavy atom. The van der Waals surface area contributed by atoms with Crippen LogP contribution >= 0.6 is 0 Å². The molecule has 0 radical (unpaired) electrons. The molecule has 11 nitrogen and oxygen atoms in total. The smallest absolute Gasteiger partial charge is 0.416 e. The van der Waals surface area contributed by atoms with E-state index in [-0.39, 0.29) is 49.5 Å². The van der Waals surface area contributed by atoms with E-state index in [9.17, 15) is 27.9 Å². The maximum atomic E-state index is 14.4. The number of carbonyl (C=O) groups excluding carboxylic acids is 2. The fraction of sp³-hybridized carbons (Fsp3) is 0.474. The summed E-state index contributed by atoms with van der Waals surface area (Å²) < 4.78 is 62.7. The lowest BCUT2D eigenvalue weighted by atomic mass is 10.0. The van der Waals surface area contributed by atoms with Crippen molar-refractivity contribution >= 4 is 23.3 Å². The summed E-state index contributed by atoms with van der Waals surface area (Å²) in [6, 6.07) is 14.0. The number of benzene rings is 3. The average Bonchev–Trinajstić information content (AvgIpc) is 3.57. The van der Waals surface area contributed by atoms with E-state index in [2.05, 4.69) is 10.6 Å². The van der Waals surface area contributed by atoms with Gasteiger partial charge in [-0.2, -0.15) is 13.2 Å². The monoisotopic (exact) mass is 728 g/mol. The fourth-order valence-corrected chi connectivity index (χ4v) is 6.21. The number of hydrogen-bond donors (Lipinski definition) is 3. The second kappa shape index (κ2) is 17.3. The molecule has 0 spiro atoms. The topological polar surface area (TPSA) is 122 Å². The number of ether oxygens (including phenoxy) is 4. The van der Waals surface area contributed by atoms with Crippen LogP contribution in [0.25, 0.3) is 0 Å². The van der Waals surface area contributed by atoms with Gasteiger partial charge in [0, 0.05) is 49.6 Å². The van der Waals surface area contributed by atoms with Crippen molar-refractivity contribution in [3.8, 4) is 17.2 Å². The number of aliphatic hydroxyl groups excluding tert-OH is 1. The summed E-state index contributed by atoms with van der Waals surface area (Å²) in [6.07, 6.45) is -2.65. The molecule has 52 heavy (non-hydrogen) atoms. The summed E-state index contributed by atoms with van der Waals surface area (Å²) in [5.74, 6) is 0.885. The number of urea groups is 1. The van der Waals surface area contributed by atoms with Crippen molar-refractivity contribution in [3.05, 3.63) is 77.4 Å². The lowest BCUT2D eigenvalue weighted by Gasteiger charge is -2.36. The van der Waals surface area contributed by atoms with E-state index in [1.54, 1.807) is 48.2 Å². The Kier molecular flexibility index (Phi) is 12.9. The van der Waals surface area contributed by atoms with E-state index >= 15 is 0 Å². The van der Waals surface area contributed by atoms with Crippen molar-refractivity contribution in [2.75, 3.05) is 50.8 Å². The number of carbonyl (C=O) groups is 2. The third kappa shape index (κ3) is 10.3. The van der Waals surface area contributed by atoms with Crippen molar-refractivity contribution in [3.63, 3.8) is 0 Å². The second-order valence-electron chi connectivity index (χ2n) is 13.5. The zero-order valence-corrected chi connectivity index (χ0v) is 29.9. The minimum atomic E-state index is -4.40. The molecule has 0 saturated carbocycles. The van der Waals surface area contributed by atoms with Gasteiger partial charge in [-0.3, -0.25) is 9.69 Å².